The maximum atomic E-state index is 11.3. The average molecular weight is 272 g/mol. The van der Waals surface area contributed by atoms with Crippen LogP contribution in [0.3, 0.4) is 0 Å². The smallest absolute Gasteiger partial charge is 0.399 e. The maximum Gasteiger partial charge on any atom is 0.494 e. The molecule has 0 amide bonds. The zero-order valence-electron chi connectivity index (χ0n) is 12.6. The largest absolute Gasteiger partial charge is 0.494 e. The average Bonchev–Trinajstić information content (AvgIpc) is 3.14. The summed E-state index contributed by atoms with van der Waals surface area (Å²) in [6.45, 7) is 8.19. The first kappa shape index (κ1) is 13.8. The Kier molecular flexibility index (Phi) is 2.90. The Labute approximate surface area is 120 Å². The predicted molar refractivity (Wildman–Crippen MR) is 79.1 cm³/mol. The second-order valence-electron chi connectivity index (χ2n) is 6.99. The molecule has 0 aromatic heterocycles. The molecule has 1 aliphatic heterocycles. The van der Waals surface area contributed by atoms with Crippen molar-refractivity contribution in [2.24, 2.45) is 0 Å². The van der Waals surface area contributed by atoms with Gasteiger partial charge in [-0.05, 0) is 51.6 Å². The van der Waals surface area contributed by atoms with Crippen LogP contribution in [-0.2, 0) is 19.5 Å². The van der Waals surface area contributed by atoms with Crippen LogP contribution in [0.15, 0.2) is 24.3 Å². The Morgan fingerprint density at radius 1 is 1.10 bits per heavy atom. The molecule has 1 heterocycles. The van der Waals surface area contributed by atoms with Crippen molar-refractivity contribution >= 4 is 18.9 Å². The van der Waals surface area contributed by atoms with Crippen LogP contribution in [0.4, 0.5) is 0 Å². The molecule has 0 N–H and O–H groups in total. The number of hydrogen-bond acceptors (Lipinski definition) is 3. The second-order valence-corrected chi connectivity index (χ2v) is 6.99. The van der Waals surface area contributed by atoms with Crippen LogP contribution in [-0.4, -0.2) is 24.6 Å². The summed E-state index contributed by atoms with van der Waals surface area (Å²) in [7, 11) is -0.359. The second kappa shape index (κ2) is 4.19. The molecule has 0 unspecified atom stereocenters. The Bertz CT molecular complexity index is 530. The molecule has 0 spiro atoms. The van der Waals surface area contributed by atoms with E-state index in [1.807, 2.05) is 45.9 Å². The third-order valence-electron chi connectivity index (χ3n) is 5.00. The first-order valence-electron chi connectivity index (χ1n) is 7.22. The maximum absolute atomic E-state index is 11.3. The standard InChI is InChI=1S/C16H21BO3/c1-14(2)15(3,4)20-17(19-14)13-7-5-6-12(10-13)16(11-18)8-9-16/h5-7,10-11H,8-9H2,1-4H3. The molecule has 20 heavy (non-hydrogen) atoms. The highest BCUT2D eigenvalue weighted by Gasteiger charge is 2.52. The van der Waals surface area contributed by atoms with Crippen molar-refractivity contribution in [3.05, 3.63) is 29.8 Å². The lowest BCUT2D eigenvalue weighted by Crippen LogP contribution is -2.41. The molecule has 1 saturated carbocycles. The molecular weight excluding hydrogens is 251 g/mol. The first-order valence-corrected chi connectivity index (χ1v) is 7.22. The monoisotopic (exact) mass is 272 g/mol. The summed E-state index contributed by atoms with van der Waals surface area (Å²) in [6, 6.07) is 8.07. The van der Waals surface area contributed by atoms with Gasteiger partial charge >= 0.3 is 7.12 Å². The van der Waals surface area contributed by atoms with Gasteiger partial charge in [0.05, 0.1) is 16.6 Å². The van der Waals surface area contributed by atoms with Gasteiger partial charge in [-0.15, -0.1) is 0 Å². The van der Waals surface area contributed by atoms with E-state index in [9.17, 15) is 4.79 Å². The predicted octanol–water partition coefficient (Wildman–Crippen LogP) is 2.22. The number of aldehydes is 1. The number of carbonyl (C=O) groups is 1. The summed E-state index contributed by atoms with van der Waals surface area (Å²) >= 11 is 0. The normalized spacial score (nSPS) is 25.5. The summed E-state index contributed by atoms with van der Waals surface area (Å²) in [5, 5.41) is 0. The third kappa shape index (κ3) is 2.02. The van der Waals surface area contributed by atoms with Gasteiger partial charge in [0.15, 0.2) is 0 Å². The molecule has 3 rings (SSSR count). The first-order chi connectivity index (χ1) is 9.30. The fourth-order valence-electron chi connectivity index (χ4n) is 2.58. The van der Waals surface area contributed by atoms with Gasteiger partial charge in [-0.3, -0.25) is 0 Å². The van der Waals surface area contributed by atoms with Gasteiger partial charge in [0.1, 0.15) is 6.29 Å². The molecule has 0 radical (unpaired) electrons. The summed E-state index contributed by atoms with van der Waals surface area (Å²) in [6.07, 6.45) is 2.98. The minimum Gasteiger partial charge on any atom is -0.399 e. The lowest BCUT2D eigenvalue weighted by atomic mass is 9.77. The summed E-state index contributed by atoms with van der Waals surface area (Å²) in [4.78, 5) is 11.3. The lowest BCUT2D eigenvalue weighted by molar-refractivity contribution is -0.109. The van der Waals surface area contributed by atoms with E-state index in [-0.39, 0.29) is 23.7 Å². The molecule has 1 aromatic rings. The van der Waals surface area contributed by atoms with Crippen LogP contribution in [0.5, 0.6) is 0 Å². The van der Waals surface area contributed by atoms with E-state index < -0.39 is 0 Å². The van der Waals surface area contributed by atoms with Crippen LogP contribution in [0, 0.1) is 0 Å². The zero-order chi connectivity index (χ0) is 14.6. The van der Waals surface area contributed by atoms with Crippen LogP contribution < -0.4 is 5.46 Å². The number of carbonyl (C=O) groups excluding carboxylic acids is 1. The minimum absolute atomic E-state index is 0.250. The van der Waals surface area contributed by atoms with Gasteiger partial charge in [-0.25, -0.2) is 0 Å². The van der Waals surface area contributed by atoms with E-state index in [1.54, 1.807) is 0 Å². The van der Waals surface area contributed by atoms with Gasteiger partial charge in [0.2, 0.25) is 0 Å². The SMILES string of the molecule is CC1(C)OB(c2cccc(C3(C=O)CC3)c2)OC1(C)C. The Hall–Kier alpha value is -1.13. The van der Waals surface area contributed by atoms with Crippen LogP contribution in [0.1, 0.15) is 46.1 Å². The van der Waals surface area contributed by atoms with E-state index in [2.05, 4.69) is 6.07 Å². The summed E-state index contributed by atoms with van der Waals surface area (Å²) < 4.78 is 12.1. The molecule has 1 aromatic carbocycles. The Morgan fingerprint density at radius 2 is 1.70 bits per heavy atom. The minimum atomic E-state index is -0.359. The molecule has 1 aliphatic carbocycles. The van der Waals surface area contributed by atoms with Crippen LogP contribution in [0.2, 0.25) is 0 Å². The van der Waals surface area contributed by atoms with Crippen molar-refractivity contribution in [2.45, 2.75) is 57.2 Å². The molecule has 4 heteroatoms. The van der Waals surface area contributed by atoms with Gasteiger partial charge in [0.25, 0.3) is 0 Å². The fraction of sp³-hybridized carbons (Fsp3) is 0.562. The van der Waals surface area contributed by atoms with Gasteiger partial charge in [0, 0.05) is 0 Å². The van der Waals surface area contributed by atoms with E-state index in [0.717, 1.165) is 30.2 Å². The molecule has 0 atom stereocenters. The van der Waals surface area contributed by atoms with Gasteiger partial charge in [-0.1, -0.05) is 24.3 Å². The van der Waals surface area contributed by atoms with Crippen molar-refractivity contribution in [3.8, 4) is 0 Å². The molecule has 1 saturated heterocycles. The van der Waals surface area contributed by atoms with Gasteiger partial charge in [-0.2, -0.15) is 0 Å². The van der Waals surface area contributed by atoms with Crippen LogP contribution in [0.25, 0.3) is 0 Å². The lowest BCUT2D eigenvalue weighted by Gasteiger charge is -2.32. The highest BCUT2D eigenvalue weighted by atomic mass is 16.7. The van der Waals surface area contributed by atoms with Crippen molar-refractivity contribution in [2.75, 3.05) is 0 Å². The van der Waals surface area contributed by atoms with E-state index >= 15 is 0 Å². The summed E-state index contributed by atoms with van der Waals surface area (Å²) in [5.74, 6) is 0. The van der Waals surface area contributed by atoms with E-state index in [0.29, 0.717) is 0 Å². The molecule has 106 valence electrons. The van der Waals surface area contributed by atoms with Gasteiger partial charge < -0.3 is 14.1 Å². The highest BCUT2D eigenvalue weighted by Crippen LogP contribution is 2.46. The molecule has 2 aliphatic rings. The number of hydrogen-bond donors (Lipinski definition) is 0. The Morgan fingerprint density at radius 3 is 2.20 bits per heavy atom. The fourth-order valence-corrected chi connectivity index (χ4v) is 2.58. The number of benzene rings is 1. The van der Waals surface area contributed by atoms with Crippen LogP contribution >= 0.6 is 0 Å². The molecule has 3 nitrogen and oxygen atoms in total. The van der Waals surface area contributed by atoms with E-state index in [1.165, 1.54) is 0 Å². The Balaban J connectivity index is 1.89. The molecule has 2 fully saturated rings. The van der Waals surface area contributed by atoms with Crippen molar-refractivity contribution in [1.82, 2.24) is 0 Å². The number of rotatable bonds is 3. The van der Waals surface area contributed by atoms with Crippen molar-refractivity contribution < 1.29 is 14.1 Å². The quantitative estimate of drug-likeness (QED) is 0.625. The third-order valence-corrected chi connectivity index (χ3v) is 5.00. The molecule has 0 bridgehead atoms. The highest BCUT2D eigenvalue weighted by molar-refractivity contribution is 6.62. The topological polar surface area (TPSA) is 35.5 Å². The van der Waals surface area contributed by atoms with Crippen molar-refractivity contribution in [1.29, 1.82) is 0 Å². The summed E-state index contributed by atoms with van der Waals surface area (Å²) in [5.41, 5.74) is 1.15. The van der Waals surface area contributed by atoms with Crippen molar-refractivity contribution in [3.63, 3.8) is 0 Å². The molecular formula is C16H21BO3. The zero-order valence-corrected chi connectivity index (χ0v) is 12.6. The van der Waals surface area contributed by atoms with E-state index in [4.69, 9.17) is 9.31 Å².